The lowest BCUT2D eigenvalue weighted by molar-refractivity contribution is -0.137. The van der Waals surface area contributed by atoms with Crippen LogP contribution in [0.4, 0.5) is 13.2 Å². The van der Waals surface area contributed by atoms with Crippen molar-refractivity contribution in [1.29, 1.82) is 5.41 Å². The highest BCUT2D eigenvalue weighted by atomic mass is 35.5. The van der Waals surface area contributed by atoms with Crippen molar-refractivity contribution >= 4 is 52.4 Å². The number of alkyl halides is 3. The van der Waals surface area contributed by atoms with Gasteiger partial charge >= 0.3 is 6.18 Å². The molecule has 0 spiro atoms. The molecule has 0 fully saturated rings. The fourth-order valence-corrected chi connectivity index (χ4v) is 3.47. The number of ketones is 1. The lowest BCUT2D eigenvalue weighted by Gasteiger charge is -2.08. The van der Waals surface area contributed by atoms with E-state index in [1.165, 1.54) is 18.3 Å². The molecule has 4 rings (SSSR count). The highest BCUT2D eigenvalue weighted by Gasteiger charge is 2.32. The number of carbonyl (C=O) groups is 1. The quantitative estimate of drug-likeness (QED) is 0.332. The number of hydrogen-bond donors (Lipinski definition) is 1. The van der Waals surface area contributed by atoms with E-state index in [2.05, 4.69) is 15.1 Å². The zero-order valence-corrected chi connectivity index (χ0v) is 18.2. The van der Waals surface area contributed by atoms with Crippen LogP contribution in [0.25, 0.3) is 28.6 Å². The average molecular weight is 519 g/mol. The number of fused-ring (bicyclic) bond motifs is 1. The molecule has 0 saturated carbocycles. The Morgan fingerprint density at radius 1 is 1.12 bits per heavy atom. The van der Waals surface area contributed by atoms with Crippen molar-refractivity contribution in [2.45, 2.75) is 6.18 Å². The van der Waals surface area contributed by atoms with E-state index < -0.39 is 24.1 Å². The van der Waals surface area contributed by atoms with Crippen LogP contribution >= 0.6 is 34.8 Å². The number of pyridine rings is 1. The van der Waals surface area contributed by atoms with Crippen molar-refractivity contribution in [3.63, 3.8) is 0 Å². The number of rotatable bonds is 6. The highest BCUT2D eigenvalue weighted by Crippen LogP contribution is 2.37. The monoisotopic (exact) mass is 517 g/mol. The number of ether oxygens (including phenoxy) is 1. The molecule has 0 unspecified atom stereocenters. The Kier molecular flexibility index (Phi) is 6.04. The zero-order chi connectivity index (χ0) is 23.9. The summed E-state index contributed by atoms with van der Waals surface area (Å²) in [7, 11) is 0. The minimum atomic E-state index is -4.58. The third kappa shape index (κ3) is 4.65. The van der Waals surface area contributed by atoms with Crippen LogP contribution in [-0.2, 0) is 11.0 Å². The van der Waals surface area contributed by atoms with Gasteiger partial charge in [0, 0.05) is 24.0 Å². The minimum Gasteiger partial charge on any atom is -0.484 e. The number of Topliss-reactive ketones (excluding diaryl/α,β-unsaturated/α-hetero) is 1. The van der Waals surface area contributed by atoms with Gasteiger partial charge in [-0.15, -0.1) is 0 Å². The first-order valence-electron chi connectivity index (χ1n) is 8.82. The molecule has 14 heteroatoms. The van der Waals surface area contributed by atoms with E-state index in [0.717, 1.165) is 16.7 Å². The SMILES string of the molecule is N=CC(=O)COc1cc(Cl)c(-c2noc(-c3cn4cc(C(F)(F)F)cc(Cl)c4n3)n2)cc1Cl. The van der Waals surface area contributed by atoms with Crippen molar-refractivity contribution in [3.05, 3.63) is 51.2 Å². The maximum absolute atomic E-state index is 13.0. The number of aromatic nitrogens is 4. The zero-order valence-electron chi connectivity index (χ0n) is 16.0. The summed E-state index contributed by atoms with van der Waals surface area (Å²) in [5, 5.41) is 10.7. The molecule has 0 aliphatic carbocycles. The molecule has 0 atom stereocenters. The first-order chi connectivity index (χ1) is 15.6. The predicted molar refractivity (Wildman–Crippen MR) is 113 cm³/mol. The van der Waals surface area contributed by atoms with Crippen LogP contribution in [0.15, 0.2) is 35.1 Å². The lowest BCUT2D eigenvalue weighted by atomic mass is 10.2. The van der Waals surface area contributed by atoms with Gasteiger partial charge in [0.2, 0.25) is 11.6 Å². The number of nitrogens with one attached hydrogen (secondary N) is 1. The molecule has 170 valence electrons. The Hall–Kier alpha value is -3.15. The maximum atomic E-state index is 13.0. The fraction of sp³-hybridized carbons (Fsp3) is 0.105. The van der Waals surface area contributed by atoms with E-state index in [1.807, 2.05) is 0 Å². The topological polar surface area (TPSA) is 106 Å². The number of benzene rings is 1. The molecular weight excluding hydrogens is 510 g/mol. The summed E-state index contributed by atoms with van der Waals surface area (Å²) in [4.78, 5) is 19.5. The fourth-order valence-electron chi connectivity index (χ4n) is 2.75. The molecule has 0 saturated heterocycles. The van der Waals surface area contributed by atoms with Crippen LogP contribution in [0.1, 0.15) is 5.56 Å². The van der Waals surface area contributed by atoms with E-state index >= 15 is 0 Å². The molecule has 1 N–H and O–H groups in total. The van der Waals surface area contributed by atoms with E-state index in [4.69, 9.17) is 49.5 Å². The van der Waals surface area contributed by atoms with Gasteiger partial charge in [0.05, 0.1) is 26.8 Å². The summed E-state index contributed by atoms with van der Waals surface area (Å²) in [5.41, 5.74) is -0.520. The minimum absolute atomic E-state index is 0.0261. The van der Waals surface area contributed by atoms with Crippen LogP contribution in [-0.4, -0.2) is 38.1 Å². The van der Waals surface area contributed by atoms with Gasteiger partial charge in [0.25, 0.3) is 5.89 Å². The molecular formula is C19H9Cl3F3N5O3. The van der Waals surface area contributed by atoms with Gasteiger partial charge in [-0.2, -0.15) is 18.2 Å². The Morgan fingerprint density at radius 2 is 1.88 bits per heavy atom. The van der Waals surface area contributed by atoms with Gasteiger partial charge in [0.15, 0.2) is 12.3 Å². The highest BCUT2D eigenvalue weighted by molar-refractivity contribution is 6.36. The molecule has 8 nitrogen and oxygen atoms in total. The molecule has 0 aliphatic rings. The standard InChI is InChI=1S/C19H9Cl3F3N5O3/c20-11-3-15(32-7-9(31)4-26)12(21)2-10(11)16-28-18(33-29-16)14-6-30-5-8(19(23,24)25)1-13(22)17(30)27-14/h1-6,26H,7H2. The van der Waals surface area contributed by atoms with Gasteiger partial charge in [-0.05, 0) is 12.1 Å². The molecule has 0 aliphatic heterocycles. The second kappa shape index (κ2) is 8.65. The van der Waals surface area contributed by atoms with Gasteiger partial charge in [0.1, 0.15) is 11.4 Å². The van der Waals surface area contributed by atoms with Crippen LogP contribution in [0.3, 0.4) is 0 Å². The first-order valence-corrected chi connectivity index (χ1v) is 9.95. The maximum Gasteiger partial charge on any atom is 0.417 e. The third-order valence-electron chi connectivity index (χ3n) is 4.27. The Labute approximate surface area is 197 Å². The molecule has 0 bridgehead atoms. The van der Waals surface area contributed by atoms with E-state index in [9.17, 15) is 18.0 Å². The summed E-state index contributed by atoms with van der Waals surface area (Å²) in [6.45, 7) is -0.391. The summed E-state index contributed by atoms with van der Waals surface area (Å²) in [6, 6.07) is 3.50. The van der Waals surface area contributed by atoms with Gasteiger partial charge < -0.3 is 19.1 Å². The van der Waals surface area contributed by atoms with Crippen molar-refractivity contribution < 1.29 is 27.2 Å². The van der Waals surface area contributed by atoms with Crippen molar-refractivity contribution in [2.75, 3.05) is 6.61 Å². The molecule has 4 aromatic rings. The predicted octanol–water partition coefficient (Wildman–Crippen LogP) is 5.63. The second-order valence-corrected chi connectivity index (χ2v) is 7.74. The Morgan fingerprint density at radius 3 is 2.58 bits per heavy atom. The third-order valence-corrected chi connectivity index (χ3v) is 5.16. The van der Waals surface area contributed by atoms with Gasteiger partial charge in [-0.1, -0.05) is 40.0 Å². The number of halogens is 6. The summed E-state index contributed by atoms with van der Waals surface area (Å²) in [6.07, 6.45) is -1.87. The van der Waals surface area contributed by atoms with Crippen LogP contribution in [0.5, 0.6) is 5.75 Å². The molecule has 1 aromatic carbocycles. The van der Waals surface area contributed by atoms with E-state index in [-0.39, 0.29) is 49.4 Å². The first kappa shape index (κ1) is 23.0. The van der Waals surface area contributed by atoms with Crippen molar-refractivity contribution in [3.8, 4) is 28.7 Å². The van der Waals surface area contributed by atoms with Gasteiger partial charge in [-0.25, -0.2) is 4.98 Å². The molecule has 33 heavy (non-hydrogen) atoms. The average Bonchev–Trinajstić information content (AvgIpc) is 3.40. The lowest BCUT2D eigenvalue weighted by Crippen LogP contribution is -2.11. The second-order valence-electron chi connectivity index (χ2n) is 6.52. The van der Waals surface area contributed by atoms with Crippen LogP contribution in [0, 0.1) is 5.41 Å². The molecule has 0 amide bonds. The number of hydrogen-bond acceptors (Lipinski definition) is 7. The van der Waals surface area contributed by atoms with E-state index in [1.54, 1.807) is 0 Å². The number of nitrogens with zero attached hydrogens (tertiary/aromatic N) is 4. The Bertz CT molecular complexity index is 1400. The smallest absolute Gasteiger partial charge is 0.417 e. The number of imidazole rings is 1. The van der Waals surface area contributed by atoms with Crippen LogP contribution in [0.2, 0.25) is 15.1 Å². The molecule has 3 heterocycles. The van der Waals surface area contributed by atoms with Crippen LogP contribution < -0.4 is 4.74 Å². The number of carbonyl (C=O) groups excluding carboxylic acids is 1. The summed E-state index contributed by atoms with van der Waals surface area (Å²) >= 11 is 18.4. The van der Waals surface area contributed by atoms with Crippen molar-refractivity contribution in [1.82, 2.24) is 19.5 Å². The molecule has 0 radical (unpaired) electrons. The van der Waals surface area contributed by atoms with E-state index in [0.29, 0.717) is 6.21 Å². The van der Waals surface area contributed by atoms with Crippen molar-refractivity contribution in [2.24, 2.45) is 0 Å². The summed E-state index contributed by atoms with van der Waals surface area (Å²) in [5.74, 6) is -0.524. The molecule has 3 aromatic heterocycles. The summed E-state index contributed by atoms with van der Waals surface area (Å²) < 4.78 is 50.6. The van der Waals surface area contributed by atoms with Gasteiger partial charge in [-0.3, -0.25) is 4.79 Å². The normalized spacial score (nSPS) is 11.7. The Balaban J connectivity index is 1.66. The largest absolute Gasteiger partial charge is 0.484 e.